The summed E-state index contributed by atoms with van der Waals surface area (Å²) in [5.74, 6) is -0.229. The van der Waals surface area contributed by atoms with E-state index in [2.05, 4.69) is 4.98 Å². The topological polar surface area (TPSA) is 59.2 Å². The number of aromatic nitrogens is 1. The summed E-state index contributed by atoms with van der Waals surface area (Å²) in [4.78, 5) is 18.1. The van der Waals surface area contributed by atoms with Crippen LogP contribution in [0.4, 0.5) is 13.2 Å². The van der Waals surface area contributed by atoms with Gasteiger partial charge in [-0.25, -0.2) is 4.98 Å². The first kappa shape index (κ1) is 21.7. The third kappa shape index (κ3) is 4.84. The van der Waals surface area contributed by atoms with Crippen LogP contribution >= 0.6 is 36.2 Å². The Kier molecular flexibility index (Phi) is 7.25. The number of amides is 1. The molecule has 10 heteroatoms. The largest absolute Gasteiger partial charge is 0.416 e. The lowest BCUT2D eigenvalue weighted by atomic mass is 10.1. The van der Waals surface area contributed by atoms with Crippen molar-refractivity contribution in [3.8, 4) is 10.6 Å². The van der Waals surface area contributed by atoms with Crippen LogP contribution in [-0.4, -0.2) is 34.9 Å². The van der Waals surface area contributed by atoms with Gasteiger partial charge in [-0.05, 0) is 18.6 Å². The highest BCUT2D eigenvalue weighted by Crippen LogP contribution is 2.33. The molecule has 1 aromatic heterocycles. The van der Waals surface area contributed by atoms with Crippen molar-refractivity contribution in [3.63, 3.8) is 0 Å². The van der Waals surface area contributed by atoms with Crippen molar-refractivity contribution in [2.45, 2.75) is 18.6 Å². The standard InChI is InChI=1S/C15H14F3N3OS.2ClH/c16-15(17,18)10-3-1-2-9(6-10)13-20-12(8-23-13)14(22)21-5-4-11(19)7-21;;/h1-3,6,8,11H,4-5,7,19H2;2*1H/t11-;;/m1../s1. The Morgan fingerprint density at radius 2 is 2.04 bits per heavy atom. The molecule has 1 saturated heterocycles. The fraction of sp³-hybridized carbons (Fsp3) is 0.333. The number of alkyl halides is 3. The van der Waals surface area contributed by atoms with Gasteiger partial charge in [0.15, 0.2) is 0 Å². The predicted octanol–water partition coefficient (Wildman–Crippen LogP) is 3.85. The Bertz CT molecular complexity index is 739. The van der Waals surface area contributed by atoms with Crippen LogP contribution in [0.15, 0.2) is 29.6 Å². The molecule has 0 radical (unpaired) electrons. The maximum Gasteiger partial charge on any atom is 0.416 e. The molecule has 1 aliphatic heterocycles. The van der Waals surface area contributed by atoms with Gasteiger partial charge in [0.1, 0.15) is 10.7 Å². The summed E-state index contributed by atoms with van der Waals surface area (Å²) in [6.45, 7) is 1.06. The first-order valence-corrected chi connectivity index (χ1v) is 7.90. The number of hydrogen-bond donors (Lipinski definition) is 1. The molecular formula is C15H16Cl2F3N3OS. The van der Waals surface area contributed by atoms with Crippen molar-refractivity contribution in [2.24, 2.45) is 5.73 Å². The van der Waals surface area contributed by atoms with Gasteiger partial charge in [-0.15, -0.1) is 36.2 Å². The van der Waals surface area contributed by atoms with Crippen LogP contribution in [0.1, 0.15) is 22.5 Å². The molecule has 0 spiro atoms. The SMILES string of the molecule is Cl.Cl.N[C@@H]1CCN(C(=O)c2csc(-c3cccc(C(F)(F)F)c3)n2)C1. The van der Waals surface area contributed by atoms with Gasteiger partial charge in [-0.1, -0.05) is 12.1 Å². The van der Waals surface area contributed by atoms with E-state index in [9.17, 15) is 18.0 Å². The highest BCUT2D eigenvalue weighted by Gasteiger charge is 2.31. The summed E-state index contributed by atoms with van der Waals surface area (Å²) < 4.78 is 38.3. The van der Waals surface area contributed by atoms with Crippen LogP contribution in [0.5, 0.6) is 0 Å². The normalized spacial score (nSPS) is 17.0. The Labute approximate surface area is 159 Å². The Hall–Kier alpha value is -1.35. The molecule has 1 aliphatic rings. The molecule has 0 saturated carbocycles. The van der Waals surface area contributed by atoms with Crippen molar-refractivity contribution in [1.82, 2.24) is 9.88 Å². The minimum absolute atomic E-state index is 0. The number of rotatable bonds is 2. The van der Waals surface area contributed by atoms with Gasteiger partial charge in [0, 0.05) is 30.1 Å². The number of benzene rings is 1. The van der Waals surface area contributed by atoms with Crippen molar-refractivity contribution in [3.05, 3.63) is 40.9 Å². The minimum atomic E-state index is -4.41. The number of likely N-dealkylation sites (tertiary alicyclic amines) is 1. The Morgan fingerprint density at radius 1 is 1.32 bits per heavy atom. The maximum atomic E-state index is 12.8. The molecule has 1 amide bonds. The van der Waals surface area contributed by atoms with Crippen LogP contribution in [0, 0.1) is 0 Å². The van der Waals surface area contributed by atoms with E-state index in [0.717, 1.165) is 29.9 Å². The number of nitrogens with two attached hydrogens (primary N) is 1. The van der Waals surface area contributed by atoms with Crippen LogP contribution < -0.4 is 5.73 Å². The fourth-order valence-electron chi connectivity index (χ4n) is 2.47. The summed E-state index contributed by atoms with van der Waals surface area (Å²) in [7, 11) is 0. The van der Waals surface area contributed by atoms with E-state index < -0.39 is 11.7 Å². The van der Waals surface area contributed by atoms with Crippen LogP contribution in [0.25, 0.3) is 10.6 Å². The van der Waals surface area contributed by atoms with E-state index >= 15 is 0 Å². The zero-order valence-electron chi connectivity index (χ0n) is 12.8. The molecular weight excluding hydrogens is 398 g/mol. The Morgan fingerprint density at radius 3 is 2.64 bits per heavy atom. The lowest BCUT2D eigenvalue weighted by molar-refractivity contribution is -0.137. The van der Waals surface area contributed by atoms with Gasteiger partial charge in [0.05, 0.1) is 5.56 Å². The predicted molar refractivity (Wildman–Crippen MR) is 95.5 cm³/mol. The third-order valence-electron chi connectivity index (χ3n) is 3.67. The van der Waals surface area contributed by atoms with Gasteiger partial charge in [0.2, 0.25) is 0 Å². The second-order valence-corrected chi connectivity index (χ2v) is 6.27. The highest BCUT2D eigenvalue weighted by molar-refractivity contribution is 7.13. The lowest BCUT2D eigenvalue weighted by Crippen LogP contribution is -2.32. The number of halogens is 5. The maximum absolute atomic E-state index is 12.8. The molecule has 138 valence electrons. The van der Waals surface area contributed by atoms with Gasteiger partial charge >= 0.3 is 6.18 Å². The van der Waals surface area contributed by atoms with E-state index in [0.29, 0.717) is 23.7 Å². The monoisotopic (exact) mass is 413 g/mol. The van der Waals surface area contributed by atoms with Crippen LogP contribution in [-0.2, 0) is 6.18 Å². The quantitative estimate of drug-likeness (QED) is 0.813. The van der Waals surface area contributed by atoms with Gasteiger partial charge in [-0.2, -0.15) is 13.2 Å². The number of thiazole rings is 1. The molecule has 0 unspecified atom stereocenters. The second-order valence-electron chi connectivity index (χ2n) is 5.42. The van der Waals surface area contributed by atoms with Crippen LogP contribution in [0.3, 0.4) is 0 Å². The number of carbonyl (C=O) groups excluding carboxylic acids is 1. The average molecular weight is 414 g/mol. The van der Waals surface area contributed by atoms with E-state index in [1.165, 1.54) is 6.07 Å². The van der Waals surface area contributed by atoms with Crippen molar-refractivity contribution in [2.75, 3.05) is 13.1 Å². The molecule has 0 aliphatic carbocycles. The lowest BCUT2D eigenvalue weighted by Gasteiger charge is -2.13. The van der Waals surface area contributed by atoms with E-state index in [1.54, 1.807) is 16.3 Å². The number of carbonyl (C=O) groups is 1. The Balaban J connectivity index is 0.00000156. The molecule has 1 fully saturated rings. The molecule has 25 heavy (non-hydrogen) atoms. The zero-order chi connectivity index (χ0) is 16.6. The van der Waals surface area contributed by atoms with E-state index in [1.807, 2.05) is 0 Å². The molecule has 1 aromatic carbocycles. The highest BCUT2D eigenvalue weighted by atomic mass is 35.5. The summed E-state index contributed by atoms with van der Waals surface area (Å²) >= 11 is 1.15. The molecule has 2 heterocycles. The van der Waals surface area contributed by atoms with Crippen molar-refractivity contribution >= 4 is 42.1 Å². The van der Waals surface area contributed by atoms with E-state index in [-0.39, 0.29) is 42.5 Å². The molecule has 3 rings (SSSR count). The second kappa shape index (κ2) is 8.35. The average Bonchev–Trinajstić information content (AvgIpc) is 3.15. The first-order chi connectivity index (χ1) is 10.8. The minimum Gasteiger partial charge on any atom is -0.336 e. The van der Waals surface area contributed by atoms with Crippen molar-refractivity contribution < 1.29 is 18.0 Å². The smallest absolute Gasteiger partial charge is 0.336 e. The van der Waals surface area contributed by atoms with Gasteiger partial charge < -0.3 is 10.6 Å². The molecule has 2 N–H and O–H groups in total. The zero-order valence-corrected chi connectivity index (χ0v) is 15.3. The third-order valence-corrected chi connectivity index (χ3v) is 4.56. The van der Waals surface area contributed by atoms with Crippen molar-refractivity contribution in [1.29, 1.82) is 0 Å². The summed E-state index contributed by atoms with van der Waals surface area (Å²) in [5.41, 5.74) is 5.64. The molecule has 1 atom stereocenters. The summed E-state index contributed by atoms with van der Waals surface area (Å²) in [5, 5.41) is 1.96. The molecule has 2 aromatic rings. The summed E-state index contributed by atoms with van der Waals surface area (Å²) in [6, 6.07) is 4.91. The first-order valence-electron chi connectivity index (χ1n) is 7.02. The van der Waals surface area contributed by atoms with Crippen LogP contribution in [0.2, 0.25) is 0 Å². The molecule has 0 bridgehead atoms. The van der Waals surface area contributed by atoms with E-state index in [4.69, 9.17) is 5.73 Å². The van der Waals surface area contributed by atoms with Gasteiger partial charge in [-0.3, -0.25) is 4.79 Å². The van der Waals surface area contributed by atoms with Gasteiger partial charge in [0.25, 0.3) is 5.91 Å². The summed E-state index contributed by atoms with van der Waals surface area (Å²) in [6.07, 6.45) is -3.66. The number of hydrogen-bond acceptors (Lipinski definition) is 4. The fourth-order valence-corrected chi connectivity index (χ4v) is 3.26. The molecule has 4 nitrogen and oxygen atoms in total. The number of nitrogens with zero attached hydrogens (tertiary/aromatic N) is 2.